The van der Waals surface area contributed by atoms with Crippen molar-refractivity contribution >= 4 is 43.6 Å². The first-order chi connectivity index (χ1) is 12.8. The molecule has 0 aliphatic rings. The Morgan fingerprint density at radius 2 is 1.00 bits per heavy atom. The van der Waals surface area contributed by atoms with Gasteiger partial charge in [-0.15, -0.1) is 13.2 Å². The lowest BCUT2D eigenvalue weighted by Gasteiger charge is -2.05. The van der Waals surface area contributed by atoms with Gasteiger partial charge in [-0.1, -0.05) is 48.6 Å². The molecule has 3 aromatic carbocycles. The van der Waals surface area contributed by atoms with Gasteiger partial charge >= 0.3 is 0 Å². The molecule has 0 unspecified atom stereocenters. The Labute approximate surface area is 152 Å². The zero-order valence-corrected chi connectivity index (χ0v) is 14.7. The molecule has 2 nitrogen and oxygen atoms in total. The summed E-state index contributed by atoms with van der Waals surface area (Å²) in [5.41, 5.74) is 5.05. The predicted octanol–water partition coefficient (Wildman–Crippen LogP) is 6.27. The van der Waals surface area contributed by atoms with Crippen molar-refractivity contribution in [3.63, 3.8) is 0 Å². The van der Waals surface area contributed by atoms with Crippen LogP contribution >= 0.6 is 0 Å². The van der Waals surface area contributed by atoms with Gasteiger partial charge in [0.15, 0.2) is 0 Å². The van der Waals surface area contributed by atoms with Crippen molar-refractivity contribution < 1.29 is 0 Å². The minimum atomic E-state index is 0.806. The lowest BCUT2D eigenvalue weighted by Crippen LogP contribution is -1.95. The van der Waals surface area contributed by atoms with Crippen molar-refractivity contribution in [2.24, 2.45) is 0 Å². The fourth-order valence-corrected chi connectivity index (χ4v) is 4.24. The molecule has 0 bridgehead atoms. The van der Waals surface area contributed by atoms with Crippen molar-refractivity contribution in [3.8, 4) is 0 Å². The van der Waals surface area contributed by atoms with Crippen LogP contribution in [0.5, 0.6) is 0 Å². The van der Waals surface area contributed by atoms with Gasteiger partial charge < -0.3 is 9.13 Å². The molecule has 2 heteroatoms. The van der Waals surface area contributed by atoms with E-state index in [0.29, 0.717) is 0 Å². The summed E-state index contributed by atoms with van der Waals surface area (Å²) in [5.74, 6) is 0. The van der Waals surface area contributed by atoms with E-state index >= 15 is 0 Å². The van der Waals surface area contributed by atoms with Crippen LogP contribution < -0.4 is 0 Å². The van der Waals surface area contributed by atoms with Crippen LogP contribution in [0.2, 0.25) is 0 Å². The SMILES string of the molecule is C=CCn1c2ccccc2c2cc3c(cc21)c1ccccc1n3CC=C. The van der Waals surface area contributed by atoms with E-state index in [1.165, 1.54) is 43.6 Å². The smallest absolute Gasteiger partial charge is 0.0502 e. The molecule has 0 atom stereocenters. The molecule has 26 heavy (non-hydrogen) atoms. The second kappa shape index (κ2) is 5.63. The molecule has 5 rings (SSSR count). The summed E-state index contributed by atoms with van der Waals surface area (Å²) >= 11 is 0. The molecular formula is C24H20N2. The highest BCUT2D eigenvalue weighted by Gasteiger charge is 2.15. The van der Waals surface area contributed by atoms with Crippen molar-refractivity contribution in [3.05, 3.63) is 86.0 Å². The maximum Gasteiger partial charge on any atom is 0.0502 e. The third kappa shape index (κ3) is 1.93. The molecule has 0 saturated carbocycles. The van der Waals surface area contributed by atoms with Crippen LogP contribution in [-0.2, 0) is 13.1 Å². The zero-order valence-electron chi connectivity index (χ0n) is 14.7. The average molecular weight is 336 g/mol. The zero-order chi connectivity index (χ0) is 17.7. The van der Waals surface area contributed by atoms with Gasteiger partial charge in [-0.3, -0.25) is 0 Å². The van der Waals surface area contributed by atoms with E-state index in [1.54, 1.807) is 0 Å². The Morgan fingerprint density at radius 1 is 0.577 bits per heavy atom. The van der Waals surface area contributed by atoms with E-state index in [4.69, 9.17) is 0 Å². The second-order valence-electron chi connectivity index (χ2n) is 6.72. The summed E-state index contributed by atoms with van der Waals surface area (Å²) in [6.45, 7) is 9.52. The lowest BCUT2D eigenvalue weighted by molar-refractivity contribution is 0.898. The Kier molecular flexibility index (Phi) is 3.26. The highest BCUT2D eigenvalue weighted by atomic mass is 15.0. The number of benzene rings is 3. The summed E-state index contributed by atoms with van der Waals surface area (Å²) in [5, 5.41) is 5.18. The van der Waals surface area contributed by atoms with E-state index in [1.807, 2.05) is 12.2 Å². The molecule has 0 spiro atoms. The van der Waals surface area contributed by atoms with Crippen LogP contribution in [0.1, 0.15) is 0 Å². The van der Waals surface area contributed by atoms with Crippen LogP contribution in [-0.4, -0.2) is 9.13 Å². The maximum atomic E-state index is 3.95. The minimum Gasteiger partial charge on any atom is -0.337 e. The number of rotatable bonds is 4. The summed E-state index contributed by atoms with van der Waals surface area (Å²) < 4.78 is 4.72. The fourth-order valence-electron chi connectivity index (χ4n) is 4.24. The molecule has 0 N–H and O–H groups in total. The molecule has 0 aliphatic heterocycles. The Hall–Kier alpha value is -3.26. The number of allylic oxidation sites excluding steroid dienone is 2. The third-order valence-corrected chi connectivity index (χ3v) is 5.29. The van der Waals surface area contributed by atoms with Gasteiger partial charge in [0.25, 0.3) is 0 Å². The highest BCUT2D eigenvalue weighted by molar-refractivity contribution is 6.17. The predicted molar refractivity (Wildman–Crippen MR) is 113 cm³/mol. The van der Waals surface area contributed by atoms with E-state index in [9.17, 15) is 0 Å². The summed E-state index contributed by atoms with van der Waals surface area (Å²) in [6, 6.07) is 21.9. The standard InChI is InChI=1S/C24H20N2/c1-3-13-25-21-11-7-5-9-17(21)19-16-24-20(15-23(19)25)18-10-6-8-12-22(18)26(24)14-4-2/h3-12,15-16H,1-2,13-14H2. The van der Waals surface area contributed by atoms with Gasteiger partial charge in [0.2, 0.25) is 0 Å². The molecule has 0 aliphatic carbocycles. The van der Waals surface area contributed by atoms with E-state index in [-0.39, 0.29) is 0 Å². The second-order valence-corrected chi connectivity index (χ2v) is 6.72. The Morgan fingerprint density at radius 3 is 1.42 bits per heavy atom. The number of hydrogen-bond acceptors (Lipinski definition) is 0. The molecule has 2 aromatic heterocycles. The monoisotopic (exact) mass is 336 g/mol. The normalized spacial score (nSPS) is 11.7. The van der Waals surface area contributed by atoms with Gasteiger partial charge in [-0.25, -0.2) is 0 Å². The van der Waals surface area contributed by atoms with Gasteiger partial charge in [-0.05, 0) is 24.3 Å². The van der Waals surface area contributed by atoms with Crippen LogP contribution in [0.4, 0.5) is 0 Å². The van der Waals surface area contributed by atoms with Crippen molar-refractivity contribution in [2.75, 3.05) is 0 Å². The Balaban J connectivity index is 2.02. The van der Waals surface area contributed by atoms with E-state index in [2.05, 4.69) is 83.0 Å². The minimum absolute atomic E-state index is 0.806. The summed E-state index contributed by atoms with van der Waals surface area (Å²) in [4.78, 5) is 0. The third-order valence-electron chi connectivity index (χ3n) is 5.29. The lowest BCUT2D eigenvalue weighted by atomic mass is 10.1. The number of aromatic nitrogens is 2. The number of para-hydroxylation sites is 2. The van der Waals surface area contributed by atoms with Crippen LogP contribution in [0, 0.1) is 0 Å². The van der Waals surface area contributed by atoms with Gasteiger partial charge in [0.1, 0.15) is 0 Å². The quantitative estimate of drug-likeness (QED) is 0.342. The fraction of sp³-hybridized carbons (Fsp3) is 0.0833. The molecule has 126 valence electrons. The van der Waals surface area contributed by atoms with E-state index in [0.717, 1.165) is 13.1 Å². The number of hydrogen-bond donors (Lipinski definition) is 0. The van der Waals surface area contributed by atoms with Gasteiger partial charge in [0.05, 0.1) is 11.0 Å². The van der Waals surface area contributed by atoms with Gasteiger partial charge in [-0.2, -0.15) is 0 Å². The Bertz CT molecular complexity index is 1210. The van der Waals surface area contributed by atoms with Gasteiger partial charge in [0, 0.05) is 45.7 Å². The molecule has 2 heterocycles. The topological polar surface area (TPSA) is 9.86 Å². The first-order valence-electron chi connectivity index (χ1n) is 8.97. The first kappa shape index (κ1) is 15.0. The molecular weight excluding hydrogens is 316 g/mol. The van der Waals surface area contributed by atoms with E-state index < -0.39 is 0 Å². The molecule has 0 radical (unpaired) electrons. The van der Waals surface area contributed by atoms with Crippen molar-refractivity contribution in [1.82, 2.24) is 9.13 Å². The van der Waals surface area contributed by atoms with Crippen LogP contribution in [0.25, 0.3) is 43.6 Å². The summed E-state index contributed by atoms with van der Waals surface area (Å²) in [6.07, 6.45) is 3.94. The maximum absolute atomic E-state index is 3.95. The van der Waals surface area contributed by atoms with Crippen LogP contribution in [0.15, 0.2) is 86.0 Å². The molecule has 0 saturated heterocycles. The number of fused-ring (bicyclic) bond motifs is 6. The van der Waals surface area contributed by atoms with Crippen molar-refractivity contribution in [1.29, 1.82) is 0 Å². The molecule has 0 amide bonds. The number of nitrogens with zero attached hydrogens (tertiary/aromatic N) is 2. The largest absolute Gasteiger partial charge is 0.337 e. The van der Waals surface area contributed by atoms with Crippen LogP contribution in [0.3, 0.4) is 0 Å². The summed E-state index contributed by atoms with van der Waals surface area (Å²) in [7, 11) is 0. The highest BCUT2D eigenvalue weighted by Crippen LogP contribution is 2.36. The molecule has 0 fully saturated rings. The molecule has 5 aromatic rings. The average Bonchev–Trinajstić information content (AvgIpc) is 3.15. The first-order valence-corrected chi connectivity index (χ1v) is 8.97. The van der Waals surface area contributed by atoms with Crippen molar-refractivity contribution in [2.45, 2.75) is 13.1 Å².